The second-order valence-corrected chi connectivity index (χ2v) is 5.93. The number of nitrogens with zero attached hydrogens (tertiary/aromatic N) is 1. The first-order valence-corrected chi connectivity index (χ1v) is 7.15. The maximum absolute atomic E-state index is 12.8. The number of amides is 1. The third-order valence-electron chi connectivity index (χ3n) is 4.60. The van der Waals surface area contributed by atoms with Crippen LogP contribution in [0.25, 0.3) is 0 Å². The summed E-state index contributed by atoms with van der Waals surface area (Å²) in [6.07, 6.45) is 2.04. The number of hydrogen-bond acceptors (Lipinski definition) is 4. The van der Waals surface area contributed by atoms with Crippen molar-refractivity contribution in [3.05, 3.63) is 0 Å². The SMILES string of the molecule is COCC1(C(=O)N2CCC(C)C(OC)C2)CCNC1. The van der Waals surface area contributed by atoms with Crippen LogP contribution < -0.4 is 5.32 Å². The smallest absolute Gasteiger partial charge is 0.232 e. The van der Waals surface area contributed by atoms with E-state index in [4.69, 9.17) is 9.47 Å². The Balaban J connectivity index is 2.05. The number of nitrogens with one attached hydrogen (secondary N) is 1. The Morgan fingerprint density at radius 3 is 2.84 bits per heavy atom. The molecule has 3 atom stereocenters. The Labute approximate surface area is 115 Å². The van der Waals surface area contributed by atoms with Gasteiger partial charge in [0.25, 0.3) is 0 Å². The van der Waals surface area contributed by atoms with Gasteiger partial charge in [0, 0.05) is 33.9 Å². The summed E-state index contributed by atoms with van der Waals surface area (Å²) < 4.78 is 10.8. The van der Waals surface area contributed by atoms with E-state index < -0.39 is 0 Å². The Kier molecular flexibility index (Phi) is 4.81. The van der Waals surface area contributed by atoms with Gasteiger partial charge in [0.15, 0.2) is 0 Å². The Bertz CT molecular complexity index is 316. The van der Waals surface area contributed by atoms with Crippen LogP contribution in [0.4, 0.5) is 0 Å². The summed E-state index contributed by atoms with van der Waals surface area (Å²) in [5.41, 5.74) is -0.367. The summed E-state index contributed by atoms with van der Waals surface area (Å²) in [6.45, 7) is 5.87. The van der Waals surface area contributed by atoms with E-state index in [1.165, 1.54) is 0 Å². The van der Waals surface area contributed by atoms with E-state index in [-0.39, 0.29) is 17.4 Å². The fourth-order valence-electron chi connectivity index (χ4n) is 3.25. The maximum Gasteiger partial charge on any atom is 0.232 e. The van der Waals surface area contributed by atoms with Crippen LogP contribution in [0.3, 0.4) is 0 Å². The zero-order chi connectivity index (χ0) is 13.9. The van der Waals surface area contributed by atoms with Crippen LogP contribution in [0, 0.1) is 11.3 Å². The molecule has 19 heavy (non-hydrogen) atoms. The molecule has 0 aliphatic carbocycles. The van der Waals surface area contributed by atoms with Crippen molar-refractivity contribution in [2.45, 2.75) is 25.9 Å². The highest BCUT2D eigenvalue weighted by atomic mass is 16.5. The summed E-state index contributed by atoms with van der Waals surface area (Å²) in [5.74, 6) is 0.752. The first kappa shape index (κ1) is 14.8. The third kappa shape index (κ3) is 2.93. The van der Waals surface area contributed by atoms with Gasteiger partial charge in [-0.05, 0) is 25.3 Å². The van der Waals surface area contributed by atoms with Gasteiger partial charge in [-0.25, -0.2) is 0 Å². The van der Waals surface area contributed by atoms with E-state index in [9.17, 15) is 4.79 Å². The van der Waals surface area contributed by atoms with Crippen LogP contribution >= 0.6 is 0 Å². The number of methoxy groups -OCH3 is 2. The molecule has 0 aromatic heterocycles. The molecule has 3 unspecified atom stereocenters. The van der Waals surface area contributed by atoms with Crippen LogP contribution in [-0.4, -0.2) is 63.9 Å². The molecule has 0 aromatic rings. The fraction of sp³-hybridized carbons (Fsp3) is 0.929. The van der Waals surface area contributed by atoms with E-state index in [1.807, 2.05) is 4.90 Å². The molecule has 2 fully saturated rings. The van der Waals surface area contributed by atoms with E-state index in [0.29, 0.717) is 19.1 Å². The van der Waals surface area contributed by atoms with Crippen molar-refractivity contribution in [1.29, 1.82) is 0 Å². The topological polar surface area (TPSA) is 50.8 Å². The van der Waals surface area contributed by atoms with E-state index in [0.717, 1.165) is 32.5 Å². The van der Waals surface area contributed by atoms with Gasteiger partial charge in [-0.15, -0.1) is 0 Å². The number of carbonyl (C=O) groups excluding carboxylic acids is 1. The minimum absolute atomic E-state index is 0.159. The van der Waals surface area contributed by atoms with E-state index >= 15 is 0 Å². The monoisotopic (exact) mass is 270 g/mol. The third-order valence-corrected chi connectivity index (χ3v) is 4.60. The molecule has 0 saturated carbocycles. The maximum atomic E-state index is 12.8. The van der Waals surface area contributed by atoms with Crippen molar-refractivity contribution >= 4 is 5.91 Å². The number of rotatable bonds is 4. The van der Waals surface area contributed by atoms with Crippen LogP contribution in [0.2, 0.25) is 0 Å². The fourth-order valence-corrected chi connectivity index (χ4v) is 3.25. The van der Waals surface area contributed by atoms with Gasteiger partial charge < -0.3 is 19.7 Å². The minimum Gasteiger partial charge on any atom is -0.384 e. The number of ether oxygens (including phenoxy) is 2. The molecule has 2 heterocycles. The van der Waals surface area contributed by atoms with Gasteiger partial charge in [0.1, 0.15) is 0 Å². The molecule has 2 aliphatic rings. The number of piperidine rings is 1. The molecular weight excluding hydrogens is 244 g/mol. The van der Waals surface area contributed by atoms with E-state index in [2.05, 4.69) is 12.2 Å². The van der Waals surface area contributed by atoms with Gasteiger partial charge in [-0.3, -0.25) is 4.79 Å². The number of carbonyl (C=O) groups is 1. The van der Waals surface area contributed by atoms with Crippen LogP contribution in [0.5, 0.6) is 0 Å². The second-order valence-electron chi connectivity index (χ2n) is 5.93. The number of hydrogen-bond donors (Lipinski definition) is 1. The van der Waals surface area contributed by atoms with Crippen molar-refractivity contribution in [2.24, 2.45) is 11.3 Å². The minimum atomic E-state index is -0.367. The highest BCUT2D eigenvalue weighted by Crippen LogP contribution is 2.31. The first-order chi connectivity index (χ1) is 9.13. The molecule has 2 rings (SSSR count). The largest absolute Gasteiger partial charge is 0.384 e. The molecule has 5 heteroatoms. The van der Waals surface area contributed by atoms with Gasteiger partial charge in [-0.1, -0.05) is 6.92 Å². The lowest BCUT2D eigenvalue weighted by Crippen LogP contribution is -2.53. The van der Waals surface area contributed by atoms with Gasteiger partial charge in [-0.2, -0.15) is 0 Å². The Morgan fingerprint density at radius 1 is 1.47 bits per heavy atom. The predicted octanol–water partition coefficient (Wildman–Crippen LogP) is 0.496. The zero-order valence-corrected chi connectivity index (χ0v) is 12.3. The van der Waals surface area contributed by atoms with Crippen molar-refractivity contribution in [3.8, 4) is 0 Å². The van der Waals surface area contributed by atoms with Crippen LogP contribution in [0.1, 0.15) is 19.8 Å². The molecule has 5 nitrogen and oxygen atoms in total. The summed E-state index contributed by atoms with van der Waals surface area (Å²) in [6, 6.07) is 0. The average Bonchev–Trinajstić information content (AvgIpc) is 2.89. The summed E-state index contributed by atoms with van der Waals surface area (Å²) in [4.78, 5) is 14.8. The molecule has 0 radical (unpaired) electrons. The highest BCUT2D eigenvalue weighted by Gasteiger charge is 2.45. The quantitative estimate of drug-likeness (QED) is 0.808. The molecule has 2 aliphatic heterocycles. The zero-order valence-electron chi connectivity index (χ0n) is 12.3. The molecule has 1 amide bonds. The first-order valence-electron chi connectivity index (χ1n) is 7.15. The van der Waals surface area contributed by atoms with Crippen molar-refractivity contribution in [3.63, 3.8) is 0 Å². The van der Waals surface area contributed by atoms with Crippen molar-refractivity contribution in [2.75, 3.05) is 47.0 Å². The second kappa shape index (κ2) is 6.20. The normalized spacial score (nSPS) is 35.6. The number of likely N-dealkylation sites (tertiary alicyclic amines) is 1. The van der Waals surface area contributed by atoms with Crippen LogP contribution in [0.15, 0.2) is 0 Å². The molecule has 0 aromatic carbocycles. The lowest BCUT2D eigenvalue weighted by Gasteiger charge is -2.40. The summed E-state index contributed by atoms with van der Waals surface area (Å²) >= 11 is 0. The Hall–Kier alpha value is -0.650. The van der Waals surface area contributed by atoms with Crippen molar-refractivity contribution < 1.29 is 14.3 Å². The summed E-state index contributed by atoms with van der Waals surface area (Å²) in [7, 11) is 3.40. The van der Waals surface area contributed by atoms with Crippen molar-refractivity contribution in [1.82, 2.24) is 10.2 Å². The van der Waals surface area contributed by atoms with Crippen LogP contribution in [-0.2, 0) is 14.3 Å². The predicted molar refractivity (Wildman–Crippen MR) is 73.0 cm³/mol. The van der Waals surface area contributed by atoms with Gasteiger partial charge >= 0.3 is 0 Å². The standard InChI is InChI=1S/C14H26N2O3/c1-11-4-7-16(8-12(11)19-3)13(17)14(10-18-2)5-6-15-9-14/h11-12,15H,4-10H2,1-3H3. The molecule has 110 valence electrons. The molecule has 0 spiro atoms. The summed E-state index contributed by atoms with van der Waals surface area (Å²) in [5, 5.41) is 3.29. The molecule has 2 saturated heterocycles. The highest BCUT2D eigenvalue weighted by molar-refractivity contribution is 5.83. The molecular formula is C14H26N2O3. The van der Waals surface area contributed by atoms with E-state index in [1.54, 1.807) is 14.2 Å². The van der Waals surface area contributed by atoms with Gasteiger partial charge in [0.2, 0.25) is 5.91 Å². The van der Waals surface area contributed by atoms with Gasteiger partial charge in [0.05, 0.1) is 18.1 Å². The lowest BCUT2D eigenvalue weighted by atomic mass is 9.84. The Morgan fingerprint density at radius 2 is 2.26 bits per heavy atom. The lowest BCUT2D eigenvalue weighted by molar-refractivity contribution is -0.149. The molecule has 0 bridgehead atoms. The average molecular weight is 270 g/mol. The molecule has 1 N–H and O–H groups in total.